The Bertz CT molecular complexity index is 439. The molecule has 0 radical (unpaired) electrons. The fourth-order valence-corrected chi connectivity index (χ4v) is 1.78. The summed E-state index contributed by atoms with van der Waals surface area (Å²) in [5.74, 6) is -2.13. The van der Waals surface area contributed by atoms with E-state index in [1.807, 2.05) is 43.9 Å². The van der Waals surface area contributed by atoms with Gasteiger partial charge in [-0.25, -0.2) is 8.78 Å². The number of ketones is 1. The Labute approximate surface area is 152 Å². The van der Waals surface area contributed by atoms with Crippen LogP contribution in [0, 0.1) is 6.92 Å². The quantitative estimate of drug-likeness (QED) is 0.663. The van der Waals surface area contributed by atoms with Gasteiger partial charge in [0.25, 0.3) is 5.92 Å². The molecule has 0 bridgehead atoms. The lowest BCUT2D eigenvalue weighted by Gasteiger charge is -2.28. The van der Waals surface area contributed by atoms with Gasteiger partial charge < -0.3 is 14.5 Å². The SMILES string of the molecule is C=O.CCC(C)=O.CN1CCC(F)(F)CC1.Cc1ccccc1Br. The average molecular weight is 408 g/mol. The molecular weight excluding hydrogens is 380 g/mol. The monoisotopic (exact) mass is 407 g/mol. The molecule has 0 aliphatic carbocycles. The second kappa shape index (κ2) is 14.2. The van der Waals surface area contributed by atoms with Gasteiger partial charge in [-0.3, -0.25) is 0 Å². The van der Waals surface area contributed by atoms with E-state index in [0.717, 1.165) is 0 Å². The minimum atomic E-state index is -2.38. The smallest absolute Gasteiger partial charge is 0.250 e. The first kappa shape index (κ1) is 25.1. The Kier molecular flexibility index (Phi) is 14.9. The molecule has 0 spiro atoms. The number of hydrogen-bond donors (Lipinski definition) is 0. The number of likely N-dealkylation sites (tertiary alicyclic amines) is 1. The Hall–Kier alpha value is -1.14. The number of carbonyl (C=O) groups excluding carboxylic acids is 2. The van der Waals surface area contributed by atoms with Gasteiger partial charge in [0.05, 0.1) is 0 Å². The summed E-state index contributed by atoms with van der Waals surface area (Å²) in [5.41, 5.74) is 1.28. The van der Waals surface area contributed by atoms with Crippen molar-refractivity contribution in [2.75, 3.05) is 20.1 Å². The maximum absolute atomic E-state index is 12.4. The first-order valence-electron chi connectivity index (χ1n) is 7.73. The van der Waals surface area contributed by atoms with Crippen LogP contribution >= 0.6 is 15.9 Å². The molecular formula is C18H28BrF2NO2. The van der Waals surface area contributed by atoms with Crippen LogP contribution in [0.15, 0.2) is 28.7 Å². The third-order valence-corrected chi connectivity index (χ3v) is 4.18. The molecule has 3 nitrogen and oxygen atoms in total. The molecule has 1 aliphatic heterocycles. The molecule has 1 aromatic carbocycles. The molecule has 2 rings (SSSR count). The van der Waals surface area contributed by atoms with Crippen molar-refractivity contribution in [2.45, 2.75) is 46.0 Å². The van der Waals surface area contributed by atoms with Gasteiger partial charge in [0.1, 0.15) is 12.6 Å². The highest BCUT2D eigenvalue weighted by Crippen LogP contribution is 2.26. The molecule has 0 N–H and O–H groups in total. The molecule has 0 saturated carbocycles. The predicted octanol–water partition coefficient (Wildman–Crippen LogP) is 4.91. The molecule has 0 aromatic heterocycles. The standard InChI is InChI=1S/C7H7Br.C6H11F2N.C4H8O.CH2O/c1-6-4-2-3-5-7(6)8;1-9-4-2-6(7,8)3-5-9;1-3-4(2)5;1-2/h2-5H,1H3;2-5H2,1H3;3H2,1-2H3;1H2. The van der Waals surface area contributed by atoms with E-state index in [9.17, 15) is 13.6 Å². The molecule has 1 heterocycles. The lowest BCUT2D eigenvalue weighted by atomic mass is 10.1. The fraction of sp³-hybridized carbons (Fsp3) is 0.556. The van der Waals surface area contributed by atoms with Crippen LogP contribution < -0.4 is 0 Å². The number of nitrogens with zero attached hydrogens (tertiary/aromatic N) is 1. The van der Waals surface area contributed by atoms with Crippen molar-refractivity contribution >= 4 is 28.5 Å². The number of halogens is 3. The van der Waals surface area contributed by atoms with E-state index in [2.05, 4.69) is 28.9 Å². The largest absolute Gasteiger partial charge is 0.307 e. The second-order valence-corrected chi connectivity index (χ2v) is 6.32. The number of rotatable bonds is 1. The van der Waals surface area contributed by atoms with Crippen LogP contribution in [0.2, 0.25) is 0 Å². The summed E-state index contributed by atoms with van der Waals surface area (Å²) < 4.78 is 25.9. The number of aryl methyl sites for hydroxylation is 1. The Morgan fingerprint density at radius 2 is 1.67 bits per heavy atom. The van der Waals surface area contributed by atoms with Crippen molar-refractivity contribution in [2.24, 2.45) is 0 Å². The lowest BCUT2D eigenvalue weighted by molar-refractivity contribution is -0.116. The zero-order chi connectivity index (χ0) is 19.2. The minimum Gasteiger partial charge on any atom is -0.307 e. The minimum absolute atomic E-state index is 0.0312. The van der Waals surface area contributed by atoms with Gasteiger partial charge in [-0.15, -0.1) is 0 Å². The first-order valence-corrected chi connectivity index (χ1v) is 8.53. The maximum Gasteiger partial charge on any atom is 0.250 e. The van der Waals surface area contributed by atoms with Gasteiger partial charge in [0.15, 0.2) is 0 Å². The summed E-state index contributed by atoms with van der Waals surface area (Å²) in [6.07, 6.45) is 0.729. The van der Waals surface area contributed by atoms with E-state index in [0.29, 0.717) is 19.5 Å². The van der Waals surface area contributed by atoms with Crippen LogP contribution in [0.3, 0.4) is 0 Å². The summed E-state index contributed by atoms with van der Waals surface area (Å²) in [4.78, 5) is 19.7. The van der Waals surface area contributed by atoms with Gasteiger partial charge in [-0.05, 0) is 32.5 Å². The summed E-state index contributed by atoms with van der Waals surface area (Å²) >= 11 is 3.40. The van der Waals surface area contributed by atoms with Crippen LogP contribution in [0.4, 0.5) is 8.78 Å². The van der Waals surface area contributed by atoms with Gasteiger partial charge in [-0.1, -0.05) is 41.1 Å². The van der Waals surface area contributed by atoms with Gasteiger partial charge >= 0.3 is 0 Å². The van der Waals surface area contributed by atoms with Crippen LogP contribution in [0.25, 0.3) is 0 Å². The summed E-state index contributed by atoms with van der Waals surface area (Å²) in [6, 6.07) is 8.15. The predicted molar refractivity (Wildman–Crippen MR) is 98.7 cm³/mol. The molecule has 138 valence electrons. The number of hydrogen-bond acceptors (Lipinski definition) is 3. The Morgan fingerprint density at radius 1 is 1.25 bits per heavy atom. The maximum atomic E-state index is 12.4. The fourth-order valence-electron chi connectivity index (χ4n) is 1.50. The molecule has 1 saturated heterocycles. The Morgan fingerprint density at radius 3 is 1.92 bits per heavy atom. The van der Waals surface area contributed by atoms with E-state index >= 15 is 0 Å². The molecule has 6 heteroatoms. The molecule has 1 aliphatic rings. The number of alkyl halides is 2. The van der Waals surface area contributed by atoms with E-state index in [4.69, 9.17) is 4.79 Å². The Balaban J connectivity index is 0. The average Bonchev–Trinajstić information content (AvgIpc) is 2.56. The highest BCUT2D eigenvalue weighted by molar-refractivity contribution is 9.10. The molecule has 1 fully saturated rings. The summed E-state index contributed by atoms with van der Waals surface area (Å²) in [7, 11) is 1.87. The molecule has 0 amide bonds. The van der Waals surface area contributed by atoms with E-state index in [1.54, 1.807) is 6.92 Å². The van der Waals surface area contributed by atoms with Gasteiger partial charge in [0, 0.05) is 36.8 Å². The number of Topliss-reactive ketones (excluding diaryl/α,β-unsaturated/α-hetero) is 1. The first-order chi connectivity index (χ1) is 11.2. The van der Waals surface area contributed by atoms with Crippen LogP contribution in [0.5, 0.6) is 0 Å². The highest BCUT2D eigenvalue weighted by atomic mass is 79.9. The van der Waals surface area contributed by atoms with Gasteiger partial charge in [0.2, 0.25) is 0 Å². The van der Waals surface area contributed by atoms with Crippen LogP contribution in [0.1, 0.15) is 38.7 Å². The summed E-state index contributed by atoms with van der Waals surface area (Å²) in [6.45, 7) is 8.58. The van der Waals surface area contributed by atoms with Crippen molar-refractivity contribution in [3.05, 3.63) is 34.3 Å². The van der Waals surface area contributed by atoms with Crippen molar-refractivity contribution in [1.82, 2.24) is 4.90 Å². The zero-order valence-corrected chi connectivity index (χ0v) is 16.5. The van der Waals surface area contributed by atoms with E-state index in [-0.39, 0.29) is 18.6 Å². The third kappa shape index (κ3) is 14.5. The zero-order valence-electron chi connectivity index (χ0n) is 14.9. The van der Waals surface area contributed by atoms with Crippen molar-refractivity contribution in [3.8, 4) is 0 Å². The van der Waals surface area contributed by atoms with Crippen molar-refractivity contribution < 1.29 is 18.4 Å². The molecule has 0 unspecified atom stereocenters. The number of benzene rings is 1. The van der Waals surface area contributed by atoms with Crippen LogP contribution in [-0.2, 0) is 9.59 Å². The topological polar surface area (TPSA) is 37.4 Å². The summed E-state index contributed by atoms with van der Waals surface area (Å²) in [5, 5.41) is 0. The lowest BCUT2D eigenvalue weighted by Crippen LogP contribution is -2.36. The third-order valence-electron chi connectivity index (χ3n) is 3.29. The normalized spacial score (nSPS) is 15.5. The van der Waals surface area contributed by atoms with E-state index < -0.39 is 5.92 Å². The second-order valence-electron chi connectivity index (χ2n) is 5.46. The van der Waals surface area contributed by atoms with Gasteiger partial charge in [-0.2, -0.15) is 0 Å². The van der Waals surface area contributed by atoms with Crippen molar-refractivity contribution in [1.29, 1.82) is 0 Å². The van der Waals surface area contributed by atoms with Crippen molar-refractivity contribution in [3.63, 3.8) is 0 Å². The molecule has 0 atom stereocenters. The van der Waals surface area contributed by atoms with Crippen LogP contribution in [-0.4, -0.2) is 43.5 Å². The molecule has 24 heavy (non-hydrogen) atoms. The number of piperidine rings is 1. The molecule has 1 aromatic rings. The number of carbonyl (C=O) groups is 2. The highest BCUT2D eigenvalue weighted by Gasteiger charge is 2.32. The van der Waals surface area contributed by atoms with E-state index in [1.165, 1.54) is 10.0 Å².